The van der Waals surface area contributed by atoms with Crippen LogP contribution in [0.5, 0.6) is 0 Å². The van der Waals surface area contributed by atoms with Crippen molar-refractivity contribution >= 4 is 27.3 Å². The van der Waals surface area contributed by atoms with E-state index in [4.69, 9.17) is 11.6 Å². The lowest BCUT2D eigenvalue weighted by Gasteiger charge is -2.56. The molecule has 2 N–H and O–H groups in total. The fourth-order valence-corrected chi connectivity index (χ4v) is 10.1. The topological polar surface area (TPSA) is 85.0 Å². The zero-order valence-corrected chi connectivity index (χ0v) is 24.1. The standard InChI is InChI=1S/C26H41ClF3N5O3S/c1-33(24(36)17-6-10-39(37,38)11-7-17)23(26(28,29)30)16-2-4-18(5-3-16)34-15-25(8-9-25)13-19-20(34)14-31-22-12-21(27)32-35(19)22/h16-23,31-32H,2-15H2,1H3/t16?,18?,19?,20?,21?,22?,23-/m0/s1. The van der Waals surface area contributed by atoms with Crippen LogP contribution in [-0.2, 0) is 14.6 Å². The van der Waals surface area contributed by atoms with Crippen molar-refractivity contribution in [3.8, 4) is 0 Å². The van der Waals surface area contributed by atoms with E-state index in [1.165, 1.54) is 19.9 Å². The zero-order valence-electron chi connectivity index (χ0n) is 22.5. The quantitative estimate of drug-likeness (QED) is 0.382. The third kappa shape index (κ3) is 5.59. The summed E-state index contributed by atoms with van der Waals surface area (Å²) in [6.45, 7) is 1.88. The van der Waals surface area contributed by atoms with Gasteiger partial charge in [-0.2, -0.15) is 13.2 Å². The van der Waals surface area contributed by atoms with E-state index in [-0.39, 0.29) is 42.1 Å². The largest absolute Gasteiger partial charge is 0.409 e. The van der Waals surface area contributed by atoms with Gasteiger partial charge in [-0.05, 0) is 69.1 Å². The number of likely N-dealkylation sites (tertiary alicyclic amines) is 1. The number of hydrazine groups is 1. The van der Waals surface area contributed by atoms with Crippen molar-refractivity contribution in [2.24, 2.45) is 17.3 Å². The average molecular weight is 596 g/mol. The second-order valence-electron chi connectivity index (χ2n) is 13.1. The van der Waals surface area contributed by atoms with Crippen LogP contribution in [0.3, 0.4) is 0 Å². The molecule has 6 aliphatic rings. The molecule has 0 aromatic heterocycles. The number of nitrogens with zero attached hydrogens (tertiary/aromatic N) is 3. The molecule has 6 rings (SSSR count). The van der Waals surface area contributed by atoms with Crippen molar-refractivity contribution in [1.29, 1.82) is 0 Å². The van der Waals surface area contributed by atoms with Crippen molar-refractivity contribution in [2.45, 2.75) is 106 Å². The molecule has 4 aliphatic heterocycles. The Hall–Kier alpha value is -0.660. The summed E-state index contributed by atoms with van der Waals surface area (Å²) in [5.74, 6) is -2.14. The minimum atomic E-state index is -4.53. The van der Waals surface area contributed by atoms with Crippen molar-refractivity contribution in [2.75, 3.05) is 31.6 Å². The fourth-order valence-electron chi connectivity index (χ4n) is 8.34. The van der Waals surface area contributed by atoms with Crippen molar-refractivity contribution < 1.29 is 26.4 Å². The summed E-state index contributed by atoms with van der Waals surface area (Å²) in [5.41, 5.74) is 3.69. The van der Waals surface area contributed by atoms with Crippen LogP contribution in [0.4, 0.5) is 13.2 Å². The van der Waals surface area contributed by atoms with Gasteiger partial charge in [-0.15, -0.1) is 11.6 Å². The van der Waals surface area contributed by atoms with Crippen LogP contribution < -0.4 is 10.7 Å². The Morgan fingerprint density at radius 3 is 2.36 bits per heavy atom. The summed E-state index contributed by atoms with van der Waals surface area (Å²) in [7, 11) is -1.93. The van der Waals surface area contributed by atoms with E-state index < -0.39 is 39.8 Å². The highest BCUT2D eigenvalue weighted by Gasteiger charge is 2.58. The number of alkyl halides is 4. The number of carbonyl (C=O) groups excluding carboxylic acids is 1. The van der Waals surface area contributed by atoms with Gasteiger partial charge in [0.15, 0.2) is 0 Å². The number of hydrogen-bond acceptors (Lipinski definition) is 7. The molecule has 8 nitrogen and oxygen atoms in total. The third-order valence-corrected chi connectivity index (χ3v) is 12.6. The molecule has 0 aromatic rings. The highest BCUT2D eigenvalue weighted by Crippen LogP contribution is 2.56. The Bertz CT molecular complexity index is 1040. The van der Waals surface area contributed by atoms with E-state index in [1.54, 1.807) is 0 Å². The first-order valence-electron chi connectivity index (χ1n) is 14.6. The summed E-state index contributed by atoms with van der Waals surface area (Å²) in [5, 5.41) is 5.96. The van der Waals surface area contributed by atoms with E-state index >= 15 is 0 Å². The molecule has 39 heavy (non-hydrogen) atoms. The van der Waals surface area contributed by atoms with E-state index in [1.807, 2.05) is 0 Å². The van der Waals surface area contributed by atoms with E-state index in [9.17, 15) is 26.4 Å². The maximum absolute atomic E-state index is 14.4. The minimum Gasteiger partial charge on any atom is -0.333 e. The molecule has 6 fully saturated rings. The molecule has 5 atom stereocenters. The van der Waals surface area contributed by atoms with Crippen LogP contribution in [0.25, 0.3) is 0 Å². The molecular formula is C26H41ClF3N5O3S. The fraction of sp³-hybridized carbons (Fsp3) is 0.962. The van der Waals surface area contributed by atoms with Crippen molar-refractivity contribution in [1.82, 2.24) is 25.6 Å². The Labute approximate surface area is 234 Å². The van der Waals surface area contributed by atoms with E-state index in [0.29, 0.717) is 43.2 Å². The Morgan fingerprint density at radius 2 is 1.74 bits per heavy atom. The molecule has 0 aromatic carbocycles. The van der Waals surface area contributed by atoms with Gasteiger partial charge >= 0.3 is 6.18 Å². The Balaban J connectivity index is 1.13. The van der Waals surface area contributed by atoms with Gasteiger partial charge in [-0.25, -0.2) is 18.9 Å². The number of hydrogen-bond donors (Lipinski definition) is 2. The molecular weight excluding hydrogens is 555 g/mol. The number of piperidine rings is 1. The molecule has 13 heteroatoms. The summed E-state index contributed by atoms with van der Waals surface area (Å²) in [6.07, 6.45) is 2.55. The first kappa shape index (κ1) is 28.5. The van der Waals surface area contributed by atoms with E-state index in [2.05, 4.69) is 20.7 Å². The van der Waals surface area contributed by atoms with Crippen molar-refractivity contribution in [3.05, 3.63) is 0 Å². The van der Waals surface area contributed by atoms with Crippen molar-refractivity contribution in [3.63, 3.8) is 0 Å². The second-order valence-corrected chi connectivity index (χ2v) is 15.9. The summed E-state index contributed by atoms with van der Waals surface area (Å²) >= 11 is 6.43. The zero-order chi connectivity index (χ0) is 27.7. The number of fused-ring (bicyclic) bond motifs is 3. The molecule has 4 saturated heterocycles. The average Bonchev–Trinajstić information content (AvgIpc) is 3.50. The number of sulfone groups is 1. The SMILES string of the molecule is CN(C(=O)C1CCS(=O)(=O)CC1)[C@@H](C1CCC(N2CC3(CC3)CC3C2CNC2CC(Cl)NN23)CC1)C(F)(F)F. The van der Waals surface area contributed by atoms with Crippen LogP contribution in [0.2, 0.25) is 0 Å². The first-order valence-corrected chi connectivity index (χ1v) is 16.8. The number of nitrogens with one attached hydrogen (secondary N) is 2. The maximum Gasteiger partial charge on any atom is 0.409 e. The Morgan fingerprint density at radius 1 is 1.08 bits per heavy atom. The molecule has 2 aliphatic carbocycles. The van der Waals surface area contributed by atoms with Crippen LogP contribution >= 0.6 is 11.6 Å². The van der Waals surface area contributed by atoms with Crippen LogP contribution in [0, 0.1) is 17.3 Å². The highest BCUT2D eigenvalue weighted by molar-refractivity contribution is 7.91. The Kier molecular flexibility index (Phi) is 7.48. The third-order valence-electron chi connectivity index (χ3n) is 10.6. The molecule has 0 radical (unpaired) electrons. The second kappa shape index (κ2) is 10.3. The molecule has 1 amide bonds. The van der Waals surface area contributed by atoms with Gasteiger partial charge in [0.1, 0.15) is 15.9 Å². The predicted octanol–water partition coefficient (Wildman–Crippen LogP) is 2.69. The number of amides is 1. The summed E-state index contributed by atoms with van der Waals surface area (Å²) in [4.78, 5) is 16.6. The summed E-state index contributed by atoms with van der Waals surface area (Å²) < 4.78 is 66.8. The molecule has 0 bridgehead atoms. The van der Waals surface area contributed by atoms with Gasteiger partial charge in [0.05, 0.1) is 23.2 Å². The van der Waals surface area contributed by atoms with Gasteiger partial charge in [0, 0.05) is 50.6 Å². The van der Waals surface area contributed by atoms with E-state index in [0.717, 1.165) is 30.8 Å². The lowest BCUT2D eigenvalue weighted by Crippen LogP contribution is -2.71. The number of carbonyl (C=O) groups is 1. The van der Waals surface area contributed by atoms with Gasteiger partial charge in [-0.3, -0.25) is 15.0 Å². The lowest BCUT2D eigenvalue weighted by molar-refractivity contribution is -0.203. The minimum absolute atomic E-state index is 0.0840. The van der Waals surface area contributed by atoms with Crippen LogP contribution in [0.1, 0.15) is 64.2 Å². The van der Waals surface area contributed by atoms with Gasteiger partial charge in [-0.1, -0.05) is 0 Å². The molecule has 4 heterocycles. The maximum atomic E-state index is 14.4. The molecule has 222 valence electrons. The van der Waals surface area contributed by atoms with Crippen LogP contribution in [-0.4, -0.2) is 103 Å². The first-order chi connectivity index (χ1) is 18.4. The van der Waals surface area contributed by atoms with Gasteiger partial charge in [0.2, 0.25) is 5.91 Å². The predicted molar refractivity (Wildman–Crippen MR) is 141 cm³/mol. The monoisotopic (exact) mass is 595 g/mol. The van der Waals surface area contributed by atoms with Crippen LogP contribution in [0.15, 0.2) is 0 Å². The number of halogens is 4. The summed E-state index contributed by atoms with van der Waals surface area (Å²) in [6, 6.07) is -0.952. The normalized spacial score (nSPS) is 39.6. The number of rotatable bonds is 4. The highest BCUT2D eigenvalue weighted by atomic mass is 35.5. The molecule has 4 unspecified atom stereocenters. The van der Waals surface area contributed by atoms with Gasteiger partial charge < -0.3 is 4.90 Å². The van der Waals surface area contributed by atoms with Gasteiger partial charge in [0.25, 0.3) is 0 Å². The smallest absolute Gasteiger partial charge is 0.333 e. The molecule has 2 saturated carbocycles. The lowest BCUT2D eigenvalue weighted by atomic mass is 9.77. The molecule has 1 spiro atoms.